The normalized spacial score (nSPS) is 12.8. The second-order valence-corrected chi connectivity index (χ2v) is 16.1. The Balaban J connectivity index is 0.000000289. The Labute approximate surface area is 323 Å². The van der Waals surface area contributed by atoms with Crippen molar-refractivity contribution in [1.82, 2.24) is 4.98 Å². The third-order valence-electron chi connectivity index (χ3n) is 11.1. The molecule has 6 aromatic rings. The maximum absolute atomic E-state index is 12.2. The summed E-state index contributed by atoms with van der Waals surface area (Å²) in [6.07, 6.45) is 7.55. The van der Waals surface area contributed by atoms with Gasteiger partial charge in [0.05, 0.1) is 0 Å². The summed E-state index contributed by atoms with van der Waals surface area (Å²) in [7, 11) is 0. The van der Waals surface area contributed by atoms with Crippen molar-refractivity contribution >= 4 is 49.5 Å². The number of rotatable bonds is 10. The summed E-state index contributed by atoms with van der Waals surface area (Å²) in [5.41, 5.74) is 4.99. The zero-order valence-corrected chi connectivity index (χ0v) is 35.3. The van der Waals surface area contributed by atoms with Crippen LogP contribution in [0.25, 0.3) is 54.9 Å². The molecule has 0 aliphatic rings. The van der Waals surface area contributed by atoms with E-state index in [1.807, 2.05) is 65.9 Å². The molecule has 3 heterocycles. The van der Waals surface area contributed by atoms with Crippen LogP contribution in [0.5, 0.6) is 0 Å². The molecule has 3 aromatic heterocycles. The van der Waals surface area contributed by atoms with Crippen LogP contribution in [0.15, 0.2) is 81.5 Å². The summed E-state index contributed by atoms with van der Waals surface area (Å²) in [5, 5.41) is 15.7. The number of ketones is 1. The van der Waals surface area contributed by atoms with E-state index < -0.39 is 0 Å². The first kappa shape index (κ1) is 41.0. The summed E-state index contributed by atoms with van der Waals surface area (Å²) in [6, 6.07) is 22.5. The maximum atomic E-state index is 12.2. The summed E-state index contributed by atoms with van der Waals surface area (Å²) in [4.78, 5) is 17.0. The van der Waals surface area contributed by atoms with Gasteiger partial charge in [-0.25, -0.2) is 0 Å². The fourth-order valence-corrected chi connectivity index (χ4v) is 6.72. The van der Waals surface area contributed by atoms with E-state index in [2.05, 4.69) is 77.1 Å². The standard InChI is InChI=1S/C31H28NO2.C15H28O2.Ir/c1-18(2)14-21-17-24-26(33-21)10-11-27-28(24)23-12-13-32-29(30(23)34-27)20-15-19-8-6-7-9-22(19)25(16-20)31(3,4)5;1-7-14(5,8-2)12(16)11-13(17)15(6,9-3)10-4;/h6-13,16-18H,14H2,1-5H3;11,16H,7-10H2,1-6H3;/q-1;;/b;12-11-;. The molecule has 3 aromatic carbocycles. The van der Waals surface area contributed by atoms with E-state index in [1.54, 1.807) is 0 Å². The number of nitrogens with zero attached hydrogens (tertiary/aromatic N) is 1. The molecule has 0 saturated carbocycles. The molecule has 0 aliphatic heterocycles. The first-order valence-corrected chi connectivity index (χ1v) is 18.7. The number of aliphatic hydroxyl groups excluding tert-OH is 1. The Bertz CT molecular complexity index is 2200. The van der Waals surface area contributed by atoms with Gasteiger partial charge < -0.3 is 13.9 Å². The Hall–Kier alpha value is -3.73. The average Bonchev–Trinajstić information content (AvgIpc) is 3.70. The van der Waals surface area contributed by atoms with Gasteiger partial charge in [0.25, 0.3) is 0 Å². The van der Waals surface area contributed by atoms with E-state index in [0.717, 1.165) is 87.4 Å². The van der Waals surface area contributed by atoms with Gasteiger partial charge in [-0.05, 0) is 61.3 Å². The van der Waals surface area contributed by atoms with Crippen LogP contribution < -0.4 is 0 Å². The molecule has 0 unspecified atom stereocenters. The van der Waals surface area contributed by atoms with E-state index in [1.165, 1.54) is 17.0 Å². The number of carbonyl (C=O) groups is 1. The van der Waals surface area contributed by atoms with E-state index in [9.17, 15) is 9.90 Å². The zero-order valence-electron chi connectivity index (χ0n) is 32.9. The maximum Gasteiger partial charge on any atom is 0.164 e. The SMILES string of the molecule is CC(C)Cc1cc2c(ccc3oc4c(-c5[c-]c6ccccc6c(C(C)(C)C)c5)nccc4c32)o1.CCC(C)(CC)C(=O)/C=C(\O)C(C)(CC)CC.[Ir]. The Morgan fingerprint density at radius 3 is 2.08 bits per heavy atom. The summed E-state index contributed by atoms with van der Waals surface area (Å²) in [6.45, 7) is 23.2. The number of aliphatic hydroxyl groups is 1. The molecule has 52 heavy (non-hydrogen) atoms. The third-order valence-corrected chi connectivity index (χ3v) is 11.1. The second-order valence-electron chi connectivity index (χ2n) is 16.1. The number of pyridine rings is 1. The molecule has 0 atom stereocenters. The van der Waals surface area contributed by atoms with Crippen molar-refractivity contribution in [3.05, 3.63) is 90.0 Å². The first-order chi connectivity index (χ1) is 24.1. The number of benzene rings is 3. The predicted octanol–water partition coefficient (Wildman–Crippen LogP) is 13.5. The van der Waals surface area contributed by atoms with E-state index >= 15 is 0 Å². The Kier molecular flexibility index (Phi) is 12.7. The van der Waals surface area contributed by atoms with Crippen molar-refractivity contribution in [2.45, 2.75) is 114 Å². The largest absolute Gasteiger partial charge is 0.512 e. The quantitative estimate of drug-likeness (QED) is 0.0843. The minimum absolute atomic E-state index is 0. The van der Waals surface area contributed by atoms with Crippen LogP contribution in [0.2, 0.25) is 0 Å². The molecule has 279 valence electrons. The van der Waals surface area contributed by atoms with Gasteiger partial charge >= 0.3 is 0 Å². The fraction of sp³-hybridized carbons (Fsp3) is 0.435. The molecule has 6 rings (SSSR count). The van der Waals surface area contributed by atoms with Gasteiger partial charge in [0, 0.05) is 71.5 Å². The van der Waals surface area contributed by atoms with Crippen molar-refractivity contribution in [1.29, 1.82) is 0 Å². The number of furan rings is 2. The number of allylic oxidation sites excluding steroid dienone is 2. The second kappa shape index (κ2) is 16.1. The number of carbonyl (C=O) groups excluding carboxylic acids is 1. The average molecular weight is 879 g/mol. The zero-order chi connectivity index (χ0) is 37.3. The molecule has 6 heteroatoms. The van der Waals surface area contributed by atoms with Crippen LogP contribution in [-0.2, 0) is 36.7 Å². The van der Waals surface area contributed by atoms with Crippen molar-refractivity contribution in [3.8, 4) is 11.3 Å². The van der Waals surface area contributed by atoms with Gasteiger partial charge in [-0.15, -0.1) is 29.1 Å². The van der Waals surface area contributed by atoms with E-state index in [-0.39, 0.29) is 47.9 Å². The topological polar surface area (TPSA) is 76.5 Å². The van der Waals surface area contributed by atoms with E-state index in [0.29, 0.717) is 5.92 Å². The molecule has 1 N–H and O–H groups in total. The fourth-order valence-electron chi connectivity index (χ4n) is 6.72. The summed E-state index contributed by atoms with van der Waals surface area (Å²) < 4.78 is 12.6. The van der Waals surface area contributed by atoms with Crippen LogP contribution in [-0.4, -0.2) is 15.9 Å². The van der Waals surface area contributed by atoms with Crippen LogP contribution >= 0.6 is 0 Å². The molecule has 1 radical (unpaired) electrons. The van der Waals surface area contributed by atoms with Crippen molar-refractivity contribution in [3.63, 3.8) is 0 Å². The van der Waals surface area contributed by atoms with Gasteiger partial charge in [0.2, 0.25) is 0 Å². The summed E-state index contributed by atoms with van der Waals surface area (Å²) in [5.74, 6) is 1.83. The van der Waals surface area contributed by atoms with Gasteiger partial charge in [0.15, 0.2) is 5.78 Å². The molecule has 5 nitrogen and oxygen atoms in total. The van der Waals surface area contributed by atoms with Crippen LogP contribution in [0.4, 0.5) is 0 Å². The van der Waals surface area contributed by atoms with Gasteiger partial charge in [-0.2, -0.15) is 0 Å². The van der Waals surface area contributed by atoms with Gasteiger partial charge in [-0.1, -0.05) is 105 Å². The Morgan fingerprint density at radius 1 is 0.827 bits per heavy atom. The van der Waals surface area contributed by atoms with Crippen molar-refractivity contribution < 1.29 is 38.8 Å². The van der Waals surface area contributed by atoms with E-state index in [4.69, 9.17) is 13.8 Å². The molecule has 0 bridgehead atoms. The predicted molar refractivity (Wildman–Crippen MR) is 213 cm³/mol. The smallest absolute Gasteiger partial charge is 0.164 e. The first-order valence-electron chi connectivity index (χ1n) is 18.7. The molecule has 0 aliphatic carbocycles. The molecular weight excluding hydrogens is 823 g/mol. The van der Waals surface area contributed by atoms with Gasteiger partial charge in [-0.3, -0.25) is 9.78 Å². The minimum atomic E-state index is -0.337. The van der Waals surface area contributed by atoms with Crippen LogP contribution in [0.3, 0.4) is 0 Å². The van der Waals surface area contributed by atoms with Crippen LogP contribution in [0, 0.1) is 22.8 Å². The number of hydrogen-bond donors (Lipinski definition) is 1. The van der Waals surface area contributed by atoms with Crippen molar-refractivity contribution in [2.75, 3.05) is 0 Å². The molecule has 0 spiro atoms. The van der Waals surface area contributed by atoms with Gasteiger partial charge in [0.1, 0.15) is 28.3 Å². The minimum Gasteiger partial charge on any atom is -0.512 e. The monoisotopic (exact) mass is 879 g/mol. The van der Waals surface area contributed by atoms with Crippen molar-refractivity contribution in [2.24, 2.45) is 16.7 Å². The third kappa shape index (κ3) is 8.09. The molecule has 0 fully saturated rings. The molecular formula is C46H56IrNO4-. The Morgan fingerprint density at radius 2 is 1.46 bits per heavy atom. The number of aromatic nitrogens is 1. The molecule has 0 amide bonds. The molecule has 0 saturated heterocycles. The summed E-state index contributed by atoms with van der Waals surface area (Å²) >= 11 is 0. The number of hydrogen-bond acceptors (Lipinski definition) is 5. The number of fused-ring (bicyclic) bond motifs is 6. The van der Waals surface area contributed by atoms with Crippen LogP contribution in [0.1, 0.15) is 113 Å².